The summed E-state index contributed by atoms with van der Waals surface area (Å²) in [5.74, 6) is -1.98. The van der Waals surface area contributed by atoms with Crippen LogP contribution in [0.5, 0.6) is 5.75 Å². The van der Waals surface area contributed by atoms with E-state index in [9.17, 15) is 27.2 Å². The van der Waals surface area contributed by atoms with Crippen molar-refractivity contribution in [1.82, 2.24) is 0 Å². The fourth-order valence-electron chi connectivity index (χ4n) is 2.87. The Kier molecular flexibility index (Phi) is 6.97. The fraction of sp³-hybridized carbons (Fsp3) is 0.300. The number of hydrogen-bond donors (Lipinski definition) is 1. The molecule has 0 aliphatic heterocycles. The van der Waals surface area contributed by atoms with E-state index in [1.54, 1.807) is 13.8 Å². The van der Waals surface area contributed by atoms with Crippen molar-refractivity contribution in [2.45, 2.75) is 39.3 Å². The van der Waals surface area contributed by atoms with Crippen LogP contribution in [0, 0.1) is 6.92 Å². The van der Waals surface area contributed by atoms with Gasteiger partial charge in [-0.2, -0.15) is 17.6 Å². The summed E-state index contributed by atoms with van der Waals surface area (Å²) in [6.07, 6.45) is -8.65. The van der Waals surface area contributed by atoms with Gasteiger partial charge in [0.15, 0.2) is 0 Å². The Hall–Kier alpha value is -2.81. The van der Waals surface area contributed by atoms with Crippen molar-refractivity contribution >= 4 is 29.1 Å². The Morgan fingerprint density at radius 3 is 2.30 bits per heavy atom. The Labute approximate surface area is 175 Å². The molecule has 0 unspecified atom stereocenters. The van der Waals surface area contributed by atoms with Crippen LogP contribution in [0.15, 0.2) is 36.4 Å². The number of rotatable bonds is 7. The zero-order valence-electron chi connectivity index (χ0n) is 16.3. The van der Waals surface area contributed by atoms with E-state index in [1.165, 1.54) is 36.1 Å². The number of aryl methyl sites for hydroxylation is 1. The summed E-state index contributed by atoms with van der Waals surface area (Å²) in [6.45, 7) is 4.89. The zero-order chi connectivity index (χ0) is 22.8. The molecule has 0 aromatic heterocycles. The maximum Gasteiger partial charge on any atom is 0.461 e. The van der Waals surface area contributed by atoms with E-state index in [0.29, 0.717) is 11.3 Å². The van der Waals surface area contributed by atoms with Gasteiger partial charge in [-0.15, -0.1) is 0 Å². The van der Waals surface area contributed by atoms with Gasteiger partial charge in [0, 0.05) is 11.7 Å². The van der Waals surface area contributed by atoms with E-state index < -0.39 is 36.1 Å². The third-order valence-corrected chi connectivity index (χ3v) is 4.48. The maximum absolute atomic E-state index is 13.2. The Bertz CT molecular complexity index is 967. The maximum atomic E-state index is 13.2. The number of alkyl halides is 4. The highest BCUT2D eigenvalue weighted by molar-refractivity contribution is 6.35. The molecule has 2 N–H and O–H groups in total. The van der Waals surface area contributed by atoms with Crippen molar-refractivity contribution in [3.63, 3.8) is 0 Å². The summed E-state index contributed by atoms with van der Waals surface area (Å²) in [5, 5.41) is 0.00626. The molecule has 0 radical (unpaired) electrons. The van der Waals surface area contributed by atoms with Crippen molar-refractivity contribution < 1.29 is 31.9 Å². The predicted molar refractivity (Wildman–Crippen MR) is 105 cm³/mol. The third-order valence-electron chi connectivity index (χ3n) is 4.16. The lowest BCUT2D eigenvalue weighted by Crippen LogP contribution is -2.38. The summed E-state index contributed by atoms with van der Waals surface area (Å²) in [7, 11) is 0. The lowest BCUT2D eigenvalue weighted by molar-refractivity contribution is -0.253. The Morgan fingerprint density at radius 2 is 1.80 bits per heavy atom. The standard InChI is InChI=1S/C20H19ClF4N2O3/c1-10(2)27(18(29)13-5-4-6-14(21)16(13)17(26)28)15-8-7-12(9-11(15)3)30-20(24,25)19(22)23/h4-10,19H,1-3H3,(H2,26,28). The van der Waals surface area contributed by atoms with E-state index in [-0.39, 0.29) is 16.1 Å². The van der Waals surface area contributed by atoms with E-state index in [2.05, 4.69) is 4.74 Å². The molecule has 0 atom stereocenters. The monoisotopic (exact) mass is 446 g/mol. The molecule has 0 bridgehead atoms. The van der Waals surface area contributed by atoms with Crippen LogP contribution in [0.25, 0.3) is 0 Å². The van der Waals surface area contributed by atoms with Crippen LogP contribution in [0.4, 0.5) is 23.2 Å². The molecule has 0 spiro atoms. The third kappa shape index (κ3) is 4.84. The van der Waals surface area contributed by atoms with Gasteiger partial charge in [-0.25, -0.2) is 0 Å². The lowest BCUT2D eigenvalue weighted by atomic mass is 10.0. The van der Waals surface area contributed by atoms with E-state index >= 15 is 0 Å². The molecule has 5 nitrogen and oxygen atoms in total. The highest BCUT2D eigenvalue weighted by Crippen LogP contribution is 2.33. The predicted octanol–water partition coefficient (Wildman–Crippen LogP) is 5.04. The molecule has 10 heteroatoms. The van der Waals surface area contributed by atoms with Crippen LogP contribution >= 0.6 is 11.6 Å². The number of primary amides is 1. The molecular formula is C20H19ClF4N2O3. The van der Waals surface area contributed by atoms with Crippen LogP contribution in [0.1, 0.15) is 40.1 Å². The smallest absolute Gasteiger partial charge is 0.428 e. The van der Waals surface area contributed by atoms with Crippen LogP contribution in [-0.2, 0) is 0 Å². The van der Waals surface area contributed by atoms with Gasteiger partial charge >= 0.3 is 12.5 Å². The van der Waals surface area contributed by atoms with Gasteiger partial charge in [0.2, 0.25) is 0 Å². The van der Waals surface area contributed by atoms with Gasteiger partial charge in [0.25, 0.3) is 11.8 Å². The molecule has 0 saturated carbocycles. The number of amides is 2. The summed E-state index contributed by atoms with van der Waals surface area (Å²) < 4.78 is 55.1. The van der Waals surface area contributed by atoms with Crippen LogP contribution in [-0.4, -0.2) is 30.4 Å². The first kappa shape index (κ1) is 23.5. The first-order valence-corrected chi connectivity index (χ1v) is 9.12. The second-order valence-corrected chi connectivity index (χ2v) is 7.12. The Balaban J connectivity index is 2.49. The first-order valence-electron chi connectivity index (χ1n) is 8.74. The van der Waals surface area contributed by atoms with Gasteiger partial charge in [-0.1, -0.05) is 17.7 Å². The van der Waals surface area contributed by atoms with Crippen molar-refractivity contribution in [1.29, 1.82) is 0 Å². The molecular weight excluding hydrogens is 428 g/mol. The molecule has 2 amide bonds. The first-order chi connectivity index (χ1) is 13.9. The quantitative estimate of drug-likeness (QED) is 0.606. The van der Waals surface area contributed by atoms with Gasteiger partial charge in [-0.3, -0.25) is 9.59 Å². The van der Waals surface area contributed by atoms with Crippen LogP contribution < -0.4 is 15.4 Å². The summed E-state index contributed by atoms with van der Waals surface area (Å²) in [4.78, 5) is 26.3. The number of hydrogen-bond acceptors (Lipinski definition) is 3. The molecule has 2 rings (SSSR count). The summed E-state index contributed by atoms with van der Waals surface area (Å²) >= 11 is 6.02. The average Bonchev–Trinajstić information content (AvgIpc) is 2.62. The number of halogens is 5. The molecule has 0 fully saturated rings. The molecule has 0 aliphatic carbocycles. The van der Waals surface area contributed by atoms with Crippen molar-refractivity contribution in [3.05, 3.63) is 58.1 Å². The van der Waals surface area contributed by atoms with E-state index in [1.807, 2.05) is 0 Å². The topological polar surface area (TPSA) is 72.6 Å². The van der Waals surface area contributed by atoms with Gasteiger partial charge in [0.1, 0.15) is 5.75 Å². The van der Waals surface area contributed by atoms with E-state index in [4.69, 9.17) is 17.3 Å². The Morgan fingerprint density at radius 1 is 1.17 bits per heavy atom. The van der Waals surface area contributed by atoms with E-state index in [0.717, 1.165) is 12.1 Å². The number of nitrogens with zero attached hydrogens (tertiary/aromatic N) is 1. The number of anilines is 1. The van der Waals surface area contributed by atoms with Crippen LogP contribution in [0.2, 0.25) is 5.02 Å². The minimum Gasteiger partial charge on any atom is -0.428 e. The fourth-order valence-corrected chi connectivity index (χ4v) is 3.14. The lowest BCUT2D eigenvalue weighted by Gasteiger charge is -2.29. The molecule has 0 heterocycles. The molecule has 2 aromatic rings. The van der Waals surface area contributed by atoms with Crippen molar-refractivity contribution in [2.75, 3.05) is 4.90 Å². The number of carbonyl (C=O) groups is 2. The molecule has 162 valence electrons. The molecule has 0 aliphatic rings. The summed E-state index contributed by atoms with van der Waals surface area (Å²) in [5.41, 5.74) is 5.79. The second-order valence-electron chi connectivity index (χ2n) is 6.71. The summed E-state index contributed by atoms with van der Waals surface area (Å²) in [6, 6.07) is 7.31. The minimum atomic E-state index is -4.65. The van der Waals surface area contributed by atoms with Gasteiger partial charge in [-0.05, 0) is 56.7 Å². The van der Waals surface area contributed by atoms with Gasteiger partial charge < -0.3 is 15.4 Å². The largest absolute Gasteiger partial charge is 0.461 e. The molecule has 30 heavy (non-hydrogen) atoms. The van der Waals surface area contributed by atoms with Gasteiger partial charge in [0.05, 0.1) is 16.1 Å². The molecule has 2 aromatic carbocycles. The zero-order valence-corrected chi connectivity index (χ0v) is 17.0. The molecule has 0 saturated heterocycles. The normalized spacial score (nSPS) is 11.7. The second kappa shape index (κ2) is 8.91. The number of nitrogens with two attached hydrogens (primary N) is 1. The highest BCUT2D eigenvalue weighted by atomic mass is 35.5. The SMILES string of the molecule is Cc1cc(OC(F)(F)C(F)F)ccc1N(C(=O)c1cccc(Cl)c1C(N)=O)C(C)C. The van der Waals surface area contributed by atoms with Crippen molar-refractivity contribution in [2.24, 2.45) is 5.73 Å². The number of carbonyl (C=O) groups excluding carboxylic acids is 2. The number of ether oxygens (including phenoxy) is 1. The van der Waals surface area contributed by atoms with Crippen molar-refractivity contribution in [3.8, 4) is 5.75 Å². The highest BCUT2D eigenvalue weighted by Gasteiger charge is 2.44. The minimum absolute atomic E-state index is 0.00626. The van der Waals surface area contributed by atoms with Crippen LogP contribution in [0.3, 0.4) is 0 Å². The number of benzene rings is 2. The average molecular weight is 447 g/mol.